The smallest absolute Gasteiger partial charge is 0.262 e. The maximum atomic E-state index is 13.1. The average Bonchev–Trinajstić information content (AvgIpc) is 3.35. The van der Waals surface area contributed by atoms with Crippen molar-refractivity contribution in [3.05, 3.63) is 63.8 Å². The Morgan fingerprint density at radius 3 is 2.52 bits per heavy atom. The van der Waals surface area contributed by atoms with Gasteiger partial charge in [0, 0.05) is 37.4 Å². The first kappa shape index (κ1) is 30.0. The van der Waals surface area contributed by atoms with Crippen molar-refractivity contribution in [2.45, 2.75) is 39.7 Å². The van der Waals surface area contributed by atoms with Crippen LogP contribution >= 0.6 is 22.9 Å². The van der Waals surface area contributed by atoms with E-state index in [1.807, 2.05) is 48.2 Å². The number of ether oxygens (including phenoxy) is 1. The number of nitrogens with one attached hydrogen (secondary N) is 2. The highest BCUT2D eigenvalue weighted by Gasteiger charge is 2.27. The highest BCUT2D eigenvalue weighted by Crippen LogP contribution is 2.37. The zero-order valence-electron chi connectivity index (χ0n) is 24.8. The fourth-order valence-electron chi connectivity index (χ4n) is 5.86. The first-order valence-corrected chi connectivity index (χ1v) is 15.8. The van der Waals surface area contributed by atoms with E-state index in [9.17, 15) is 14.4 Å². The molecule has 1 saturated heterocycles. The molecule has 0 radical (unpaired) electrons. The number of carbonyl (C=O) groups is 3. The minimum Gasteiger partial charge on any atom is -0.378 e. The number of fused-ring (bicyclic) bond motifs is 2. The molecule has 2 aromatic carbocycles. The molecule has 2 aliphatic rings. The van der Waals surface area contributed by atoms with Gasteiger partial charge >= 0.3 is 0 Å². The van der Waals surface area contributed by atoms with E-state index in [1.165, 1.54) is 11.3 Å². The van der Waals surface area contributed by atoms with E-state index >= 15 is 0 Å². The number of benzene rings is 2. The number of halogens is 1. The van der Waals surface area contributed by atoms with Crippen LogP contribution in [0, 0.1) is 6.92 Å². The largest absolute Gasteiger partial charge is 0.378 e. The van der Waals surface area contributed by atoms with Crippen LogP contribution in [0.1, 0.15) is 41.1 Å². The number of anilines is 3. The molecule has 2 N–H and O–H groups in total. The molecular weight excluding hydrogens is 600 g/mol. The number of nitrogens with zero attached hydrogens (tertiary/aromatic N) is 4. The summed E-state index contributed by atoms with van der Waals surface area (Å²) < 4.78 is 6.24. The SMILES string of the molecule is CC(=O)N1c2ccc(-c3ccc(NC(=O)CNC(=O)c4sc5c(N6CCOCC6)nc(Cl)nc5c4C)cc3)cc2CC[C@@H]1C. The number of hydrogen-bond donors (Lipinski definition) is 2. The summed E-state index contributed by atoms with van der Waals surface area (Å²) in [4.78, 5) is 51.3. The third-order valence-corrected chi connectivity index (χ3v) is 9.54. The second-order valence-electron chi connectivity index (χ2n) is 11.1. The summed E-state index contributed by atoms with van der Waals surface area (Å²) in [5, 5.41) is 5.70. The minimum absolute atomic E-state index is 0.0542. The van der Waals surface area contributed by atoms with Crippen LogP contribution in [-0.4, -0.2) is 66.6 Å². The standard InChI is InChI=1S/C32H33ClN6O4S/c1-18-4-5-23-16-22(8-11-25(23)39(18)20(3)40)21-6-9-24(10-7-21)35-26(41)17-34-31(42)28-19(2)27-29(44-28)30(37-32(33)36-27)38-12-14-43-15-13-38/h6-11,16,18H,4-5,12-15,17H2,1-3H3,(H,34,42)(H,35,41)/t18-/m0/s1. The quantitative estimate of drug-likeness (QED) is 0.280. The maximum Gasteiger partial charge on any atom is 0.262 e. The summed E-state index contributed by atoms with van der Waals surface area (Å²) in [6.45, 7) is 7.85. The third kappa shape index (κ3) is 5.99. The first-order valence-electron chi connectivity index (χ1n) is 14.6. The Morgan fingerprint density at radius 2 is 1.80 bits per heavy atom. The van der Waals surface area contributed by atoms with E-state index in [0.717, 1.165) is 39.9 Å². The van der Waals surface area contributed by atoms with Gasteiger partial charge in [0.05, 0.1) is 34.9 Å². The molecule has 2 aliphatic heterocycles. The van der Waals surface area contributed by atoms with Crippen molar-refractivity contribution < 1.29 is 19.1 Å². The lowest BCUT2D eigenvalue weighted by atomic mass is 9.93. The molecule has 10 nitrogen and oxygen atoms in total. The Labute approximate surface area is 264 Å². The second kappa shape index (κ2) is 12.5. The summed E-state index contributed by atoms with van der Waals surface area (Å²) in [5.74, 6) is 0.0531. The lowest BCUT2D eigenvalue weighted by Crippen LogP contribution is -2.40. The number of aromatic nitrogens is 2. The van der Waals surface area contributed by atoms with E-state index in [4.69, 9.17) is 16.3 Å². The van der Waals surface area contributed by atoms with Crippen molar-refractivity contribution in [2.75, 3.05) is 48.0 Å². The fraction of sp³-hybridized carbons (Fsp3) is 0.344. The molecule has 44 heavy (non-hydrogen) atoms. The van der Waals surface area contributed by atoms with Crippen molar-refractivity contribution >= 4 is 68.1 Å². The van der Waals surface area contributed by atoms with Gasteiger partial charge in [-0.2, -0.15) is 4.98 Å². The predicted octanol–water partition coefficient (Wildman–Crippen LogP) is 5.21. The number of carbonyl (C=O) groups excluding carboxylic acids is 3. The molecule has 0 aliphatic carbocycles. The normalized spacial score (nSPS) is 16.5. The van der Waals surface area contributed by atoms with Gasteiger partial charge < -0.3 is 25.2 Å². The molecule has 0 saturated carbocycles. The monoisotopic (exact) mass is 632 g/mol. The fourth-order valence-corrected chi connectivity index (χ4v) is 7.20. The summed E-state index contributed by atoms with van der Waals surface area (Å²) in [7, 11) is 0. The van der Waals surface area contributed by atoms with E-state index in [2.05, 4.69) is 38.5 Å². The number of morpholine rings is 1. The number of rotatable bonds is 6. The van der Waals surface area contributed by atoms with Crippen molar-refractivity contribution in [3.8, 4) is 11.1 Å². The molecule has 6 rings (SSSR count). The van der Waals surface area contributed by atoms with Gasteiger partial charge in [0.1, 0.15) is 0 Å². The second-order valence-corrected chi connectivity index (χ2v) is 12.4. The summed E-state index contributed by atoms with van der Waals surface area (Å²) in [6.07, 6.45) is 1.85. The molecule has 1 fully saturated rings. The van der Waals surface area contributed by atoms with Crippen LogP contribution in [0.25, 0.3) is 21.3 Å². The van der Waals surface area contributed by atoms with Gasteiger partial charge in [0.2, 0.25) is 17.1 Å². The average molecular weight is 633 g/mol. The van der Waals surface area contributed by atoms with E-state index < -0.39 is 0 Å². The van der Waals surface area contributed by atoms with Crippen LogP contribution in [0.5, 0.6) is 0 Å². The Hall–Kier alpha value is -4.06. The van der Waals surface area contributed by atoms with Crippen LogP contribution in [0.3, 0.4) is 0 Å². The molecule has 0 bridgehead atoms. The highest BCUT2D eigenvalue weighted by molar-refractivity contribution is 7.21. The van der Waals surface area contributed by atoms with Gasteiger partial charge in [-0.1, -0.05) is 18.2 Å². The number of amides is 3. The summed E-state index contributed by atoms with van der Waals surface area (Å²) in [6, 6.07) is 13.9. The van der Waals surface area contributed by atoms with Crippen LogP contribution < -0.4 is 20.4 Å². The van der Waals surface area contributed by atoms with E-state index in [0.29, 0.717) is 53.8 Å². The molecule has 2 aromatic heterocycles. The van der Waals surface area contributed by atoms with Crippen LogP contribution in [-0.2, 0) is 20.7 Å². The van der Waals surface area contributed by atoms with Crippen LogP contribution in [0.2, 0.25) is 5.28 Å². The van der Waals surface area contributed by atoms with Gasteiger partial charge in [0.25, 0.3) is 5.91 Å². The van der Waals surface area contributed by atoms with Crippen molar-refractivity contribution in [1.82, 2.24) is 15.3 Å². The Kier molecular flexibility index (Phi) is 8.53. The predicted molar refractivity (Wildman–Crippen MR) is 174 cm³/mol. The molecule has 12 heteroatoms. The van der Waals surface area contributed by atoms with Crippen molar-refractivity contribution in [1.29, 1.82) is 0 Å². The molecular formula is C32H33ClN6O4S. The van der Waals surface area contributed by atoms with Gasteiger partial charge in [-0.15, -0.1) is 11.3 Å². The van der Waals surface area contributed by atoms with Gasteiger partial charge in [-0.05, 0) is 84.8 Å². The van der Waals surface area contributed by atoms with Crippen molar-refractivity contribution in [2.24, 2.45) is 0 Å². The van der Waals surface area contributed by atoms with Crippen molar-refractivity contribution in [3.63, 3.8) is 0 Å². The Balaban J connectivity index is 1.10. The Morgan fingerprint density at radius 1 is 1.07 bits per heavy atom. The van der Waals surface area contributed by atoms with E-state index in [-0.39, 0.29) is 35.6 Å². The lowest BCUT2D eigenvalue weighted by Gasteiger charge is -2.34. The van der Waals surface area contributed by atoms with Gasteiger partial charge in [0.15, 0.2) is 5.82 Å². The molecule has 0 unspecified atom stereocenters. The molecule has 3 amide bonds. The summed E-state index contributed by atoms with van der Waals surface area (Å²) >= 11 is 7.53. The molecule has 0 spiro atoms. The molecule has 228 valence electrons. The van der Waals surface area contributed by atoms with E-state index in [1.54, 1.807) is 6.92 Å². The van der Waals surface area contributed by atoms with Gasteiger partial charge in [-0.25, -0.2) is 4.98 Å². The first-order chi connectivity index (χ1) is 21.2. The molecule has 1 atom stereocenters. The number of aryl methyl sites for hydroxylation is 2. The molecule has 4 aromatic rings. The number of hydrogen-bond acceptors (Lipinski definition) is 8. The third-order valence-electron chi connectivity index (χ3n) is 8.10. The maximum absolute atomic E-state index is 13.1. The minimum atomic E-state index is -0.356. The lowest BCUT2D eigenvalue weighted by molar-refractivity contribution is -0.117. The zero-order valence-corrected chi connectivity index (χ0v) is 26.3. The zero-order chi connectivity index (χ0) is 31.0. The highest BCUT2D eigenvalue weighted by atomic mass is 35.5. The van der Waals surface area contributed by atoms with Crippen LogP contribution in [0.15, 0.2) is 42.5 Å². The molecule has 4 heterocycles. The topological polar surface area (TPSA) is 117 Å². The number of thiophene rings is 1. The van der Waals surface area contributed by atoms with Crippen LogP contribution in [0.4, 0.5) is 17.2 Å². The van der Waals surface area contributed by atoms with Gasteiger partial charge in [-0.3, -0.25) is 14.4 Å². The Bertz CT molecular complexity index is 1750. The summed E-state index contributed by atoms with van der Waals surface area (Å²) in [5.41, 5.74) is 6.15.